The van der Waals surface area contributed by atoms with Crippen LogP contribution < -0.4 is 16.4 Å². The van der Waals surface area contributed by atoms with Gasteiger partial charge in [-0.3, -0.25) is 15.0 Å². The highest BCUT2D eigenvalue weighted by molar-refractivity contribution is 6.23. The second-order valence-corrected chi connectivity index (χ2v) is 8.79. The first-order valence-corrected chi connectivity index (χ1v) is 10.3. The molecule has 31 heavy (non-hydrogen) atoms. The average Bonchev–Trinajstić information content (AvgIpc) is 2.67. The highest BCUT2D eigenvalue weighted by Crippen LogP contribution is 2.38. The van der Waals surface area contributed by atoms with Crippen LogP contribution in [0.15, 0.2) is 29.5 Å². The smallest absolute Gasteiger partial charge is 0.280 e. The minimum atomic E-state index is -3.04. The number of hydrogen-bond acceptors (Lipinski definition) is 6. The van der Waals surface area contributed by atoms with Crippen molar-refractivity contribution in [2.45, 2.75) is 52.0 Å². The molecule has 0 saturated carbocycles. The van der Waals surface area contributed by atoms with Crippen LogP contribution in [0.3, 0.4) is 0 Å². The Labute approximate surface area is 179 Å². The monoisotopic (exact) mass is 434 g/mol. The Morgan fingerprint density at radius 2 is 1.94 bits per heavy atom. The lowest BCUT2D eigenvalue weighted by Crippen LogP contribution is -2.33. The number of benzene rings is 1. The fraction of sp³-hybridized carbons (Fsp3) is 0.500. The molecule has 7 nitrogen and oxygen atoms in total. The summed E-state index contributed by atoms with van der Waals surface area (Å²) in [6.07, 6.45) is -1.05. The van der Waals surface area contributed by atoms with Crippen molar-refractivity contribution < 1.29 is 23.1 Å². The van der Waals surface area contributed by atoms with Crippen LogP contribution in [0, 0.1) is 10.8 Å². The molecule has 0 bridgehead atoms. The van der Waals surface area contributed by atoms with Gasteiger partial charge in [0.05, 0.1) is 11.1 Å². The molecule has 0 unspecified atom stereocenters. The van der Waals surface area contributed by atoms with E-state index < -0.39 is 29.2 Å². The van der Waals surface area contributed by atoms with Gasteiger partial charge in [-0.05, 0) is 42.9 Å². The summed E-state index contributed by atoms with van der Waals surface area (Å²) in [5, 5.41) is 14.1. The number of amides is 1. The van der Waals surface area contributed by atoms with Gasteiger partial charge in [0, 0.05) is 42.7 Å². The number of nitrogens with one attached hydrogen (secondary N) is 3. The number of alkyl halides is 2. The number of halogens is 2. The predicted molar refractivity (Wildman–Crippen MR) is 115 cm³/mol. The molecule has 1 aliphatic carbocycles. The van der Waals surface area contributed by atoms with Crippen LogP contribution >= 0.6 is 0 Å². The number of allylic oxidation sites excluding steroid dienone is 2. The zero-order valence-corrected chi connectivity index (χ0v) is 17.7. The summed E-state index contributed by atoms with van der Waals surface area (Å²) in [5.74, 6) is -1.06. The Balaban J connectivity index is 1.96. The molecule has 1 saturated heterocycles. The molecular weight excluding hydrogens is 406 g/mol. The Morgan fingerprint density at radius 1 is 1.26 bits per heavy atom. The maximum absolute atomic E-state index is 13.2. The third kappa shape index (κ3) is 5.46. The summed E-state index contributed by atoms with van der Waals surface area (Å²) in [6, 6.07) is 4.95. The lowest BCUT2D eigenvalue weighted by molar-refractivity contribution is -0.117. The number of Topliss-reactive ketones (excluding diaryl/α,β-unsaturated/α-hetero) is 1. The Kier molecular flexibility index (Phi) is 6.74. The van der Waals surface area contributed by atoms with E-state index in [1.54, 1.807) is 18.2 Å². The van der Waals surface area contributed by atoms with Gasteiger partial charge >= 0.3 is 0 Å². The quantitative estimate of drug-likeness (QED) is 0.488. The van der Waals surface area contributed by atoms with E-state index in [0.29, 0.717) is 36.6 Å². The Bertz CT molecular complexity index is 921. The summed E-state index contributed by atoms with van der Waals surface area (Å²) >= 11 is 0. The average molecular weight is 434 g/mol. The highest BCUT2D eigenvalue weighted by Gasteiger charge is 2.36. The van der Waals surface area contributed by atoms with Gasteiger partial charge in [0.15, 0.2) is 5.78 Å². The Morgan fingerprint density at radius 3 is 2.55 bits per heavy atom. The molecule has 1 aromatic rings. The molecule has 1 aliphatic heterocycles. The molecule has 1 heterocycles. The van der Waals surface area contributed by atoms with Crippen molar-refractivity contribution in [3.8, 4) is 0 Å². The number of anilines is 2. The highest BCUT2D eigenvalue weighted by atomic mass is 19.3. The topological polar surface area (TPSA) is 117 Å². The number of rotatable bonds is 7. The molecule has 168 valence electrons. The lowest BCUT2D eigenvalue weighted by Gasteiger charge is -2.33. The third-order valence-electron chi connectivity index (χ3n) is 5.52. The van der Waals surface area contributed by atoms with Crippen molar-refractivity contribution in [1.82, 2.24) is 0 Å². The second-order valence-electron chi connectivity index (χ2n) is 8.79. The largest absolute Gasteiger partial charge is 0.381 e. The molecule has 0 aromatic heterocycles. The summed E-state index contributed by atoms with van der Waals surface area (Å²) < 4.78 is 31.9. The van der Waals surface area contributed by atoms with Crippen molar-refractivity contribution in [1.29, 1.82) is 5.41 Å². The molecule has 9 heteroatoms. The van der Waals surface area contributed by atoms with Crippen LogP contribution in [0.25, 0.3) is 0 Å². The second kappa shape index (κ2) is 9.13. The SMILES string of the molecule is CC1(C)CC(=O)C(C(=N)C(F)F)=C(Nc2ccc(C(N)=O)c(NC3CCOCC3)c2)C1. The van der Waals surface area contributed by atoms with Gasteiger partial charge < -0.3 is 21.1 Å². The maximum atomic E-state index is 13.2. The fourth-order valence-electron chi connectivity index (χ4n) is 4.04. The van der Waals surface area contributed by atoms with E-state index in [4.69, 9.17) is 15.9 Å². The van der Waals surface area contributed by atoms with Crippen LogP contribution in [0.4, 0.5) is 20.2 Å². The number of ketones is 1. The zero-order valence-electron chi connectivity index (χ0n) is 17.7. The van der Waals surface area contributed by atoms with Crippen LogP contribution in [-0.4, -0.2) is 43.1 Å². The standard InChI is InChI=1S/C22H28F2N4O3/c1-22(2)10-16(18(17(29)11-22)19(25)20(23)24)28-13-3-4-14(21(26)30)15(9-13)27-12-5-7-31-8-6-12/h3-4,9,12,20,25,27-28H,5-8,10-11H2,1-2H3,(H2,26,30). The summed E-state index contributed by atoms with van der Waals surface area (Å²) in [7, 11) is 0. The van der Waals surface area contributed by atoms with Crippen molar-refractivity contribution in [3.05, 3.63) is 35.0 Å². The summed E-state index contributed by atoms with van der Waals surface area (Å²) in [5.41, 5.74) is 5.49. The van der Waals surface area contributed by atoms with Crippen molar-refractivity contribution in [2.24, 2.45) is 11.1 Å². The first-order valence-electron chi connectivity index (χ1n) is 10.3. The normalized spacial score (nSPS) is 19.5. The predicted octanol–water partition coefficient (Wildman–Crippen LogP) is 3.72. The van der Waals surface area contributed by atoms with E-state index in [0.717, 1.165) is 12.8 Å². The number of carbonyl (C=O) groups is 2. The number of nitrogens with two attached hydrogens (primary N) is 1. The van der Waals surface area contributed by atoms with Crippen LogP contribution in [0.5, 0.6) is 0 Å². The van der Waals surface area contributed by atoms with Crippen molar-refractivity contribution in [2.75, 3.05) is 23.8 Å². The number of carbonyl (C=O) groups excluding carboxylic acids is 2. The molecule has 2 aliphatic rings. The van der Waals surface area contributed by atoms with Gasteiger partial charge in [-0.2, -0.15) is 0 Å². The van der Waals surface area contributed by atoms with Gasteiger partial charge in [0.1, 0.15) is 5.71 Å². The molecule has 0 spiro atoms. The summed E-state index contributed by atoms with van der Waals surface area (Å²) in [6.45, 7) is 4.99. The fourth-order valence-corrected chi connectivity index (χ4v) is 4.04. The number of hydrogen-bond donors (Lipinski definition) is 4. The maximum Gasteiger partial charge on any atom is 0.280 e. The van der Waals surface area contributed by atoms with Crippen LogP contribution in [0.2, 0.25) is 0 Å². The van der Waals surface area contributed by atoms with Crippen molar-refractivity contribution in [3.63, 3.8) is 0 Å². The molecule has 0 atom stereocenters. The molecule has 1 amide bonds. The molecule has 0 radical (unpaired) electrons. The Hall–Kier alpha value is -2.81. The summed E-state index contributed by atoms with van der Waals surface area (Å²) in [4.78, 5) is 24.5. The van der Waals surface area contributed by atoms with E-state index in [1.165, 1.54) is 0 Å². The zero-order chi connectivity index (χ0) is 22.8. The lowest BCUT2D eigenvalue weighted by atomic mass is 9.74. The molecular formula is C22H28F2N4O3. The molecule has 5 N–H and O–H groups in total. The van der Waals surface area contributed by atoms with Gasteiger partial charge in [-0.15, -0.1) is 0 Å². The van der Waals surface area contributed by atoms with Crippen LogP contribution in [0.1, 0.15) is 49.9 Å². The first-order chi connectivity index (χ1) is 14.6. The number of primary amides is 1. The number of ether oxygens (including phenoxy) is 1. The van der Waals surface area contributed by atoms with E-state index in [-0.39, 0.29) is 23.7 Å². The minimum Gasteiger partial charge on any atom is -0.381 e. The van der Waals surface area contributed by atoms with Gasteiger partial charge in [0.25, 0.3) is 12.3 Å². The van der Waals surface area contributed by atoms with Gasteiger partial charge in [0.2, 0.25) is 0 Å². The van der Waals surface area contributed by atoms with E-state index >= 15 is 0 Å². The first kappa shape index (κ1) is 22.9. The third-order valence-corrected chi connectivity index (χ3v) is 5.52. The van der Waals surface area contributed by atoms with Gasteiger partial charge in [-0.1, -0.05) is 13.8 Å². The van der Waals surface area contributed by atoms with E-state index in [1.807, 2.05) is 13.8 Å². The van der Waals surface area contributed by atoms with Crippen molar-refractivity contribution >= 4 is 28.8 Å². The van der Waals surface area contributed by atoms with E-state index in [2.05, 4.69) is 10.6 Å². The minimum absolute atomic E-state index is 0.0970. The molecule has 1 aromatic carbocycles. The van der Waals surface area contributed by atoms with Crippen LogP contribution in [-0.2, 0) is 9.53 Å². The molecule has 3 rings (SSSR count). The van der Waals surface area contributed by atoms with E-state index in [9.17, 15) is 18.4 Å². The molecule has 1 fully saturated rings. The van der Waals surface area contributed by atoms with Gasteiger partial charge in [-0.25, -0.2) is 8.78 Å².